The van der Waals surface area contributed by atoms with E-state index in [-0.39, 0.29) is 35.1 Å². The number of esters is 1. The Kier molecular flexibility index (Phi) is 4.12. The van der Waals surface area contributed by atoms with Crippen LogP contribution in [0, 0.1) is 22.7 Å². The monoisotopic (exact) mass is 374 g/mol. The van der Waals surface area contributed by atoms with Gasteiger partial charge in [0.1, 0.15) is 6.10 Å². The number of aliphatic hydroxyl groups is 1. The van der Waals surface area contributed by atoms with Crippen LogP contribution in [0.15, 0.2) is 16.9 Å². The minimum Gasteiger partial charge on any atom is -0.472 e. The summed E-state index contributed by atoms with van der Waals surface area (Å²) in [6.07, 6.45) is 6.94. The minimum atomic E-state index is -1.08. The van der Waals surface area contributed by atoms with Gasteiger partial charge >= 0.3 is 5.97 Å². The molecule has 0 unspecified atom stereocenters. The fraction of sp³-hybridized carbons (Fsp3) is 0.727. The average Bonchev–Trinajstić information content (AvgIpc) is 3.08. The highest BCUT2D eigenvalue weighted by atomic mass is 16.5. The molecule has 0 spiro atoms. The fourth-order valence-electron chi connectivity index (χ4n) is 7.00. The van der Waals surface area contributed by atoms with Crippen molar-refractivity contribution < 1.29 is 23.8 Å². The van der Waals surface area contributed by atoms with Gasteiger partial charge in [-0.1, -0.05) is 20.8 Å². The number of hydrogen-bond donors (Lipinski definition) is 1. The van der Waals surface area contributed by atoms with E-state index in [1.54, 1.807) is 0 Å². The summed E-state index contributed by atoms with van der Waals surface area (Å²) in [7, 11) is 0. The second-order valence-corrected chi connectivity index (χ2v) is 9.75. The van der Waals surface area contributed by atoms with Crippen LogP contribution in [0.5, 0.6) is 0 Å². The molecule has 3 aliphatic rings. The Balaban J connectivity index is 1.76. The molecule has 6 atom stereocenters. The molecule has 5 heteroatoms. The molecule has 4 rings (SSSR count). The van der Waals surface area contributed by atoms with Crippen LogP contribution in [-0.4, -0.2) is 29.6 Å². The Morgan fingerprint density at radius 3 is 2.70 bits per heavy atom. The Bertz CT molecular complexity index is 781. The molecule has 0 radical (unpaired) electrons. The number of carbonyl (C=O) groups excluding carboxylic acids is 2. The maximum atomic E-state index is 12.9. The van der Waals surface area contributed by atoms with Crippen molar-refractivity contribution in [1.82, 2.24) is 0 Å². The van der Waals surface area contributed by atoms with E-state index in [2.05, 4.69) is 13.8 Å². The third kappa shape index (κ3) is 2.47. The summed E-state index contributed by atoms with van der Waals surface area (Å²) in [5.41, 5.74) is 1.59. The molecular formula is C22H30O5. The quantitative estimate of drug-likeness (QED) is 0.803. The molecule has 0 bridgehead atoms. The van der Waals surface area contributed by atoms with Crippen molar-refractivity contribution in [3.8, 4) is 0 Å². The van der Waals surface area contributed by atoms with Crippen LogP contribution in [0.25, 0.3) is 0 Å². The molecule has 0 aromatic carbocycles. The lowest BCUT2D eigenvalue weighted by atomic mass is 9.40. The lowest BCUT2D eigenvalue weighted by Crippen LogP contribution is -2.65. The van der Waals surface area contributed by atoms with Crippen LogP contribution in [0.1, 0.15) is 64.5 Å². The van der Waals surface area contributed by atoms with Crippen molar-refractivity contribution in [3.63, 3.8) is 0 Å². The Labute approximate surface area is 160 Å². The standard InChI is InChI=1S/C22H30O5/c1-13(23)27-12-22(4)18-7-8-20(2)15-11-26-10-14(15)5-6-17(20)21(18,3)9-16(24)19(22)25/h10-11,17-19,25H,5-9,12H2,1-4H3/t17-,18+,19-,20-,21+,22+/m0/s1. The molecule has 1 heterocycles. The van der Waals surface area contributed by atoms with Gasteiger partial charge in [-0.05, 0) is 59.5 Å². The fourth-order valence-corrected chi connectivity index (χ4v) is 7.00. The zero-order chi connectivity index (χ0) is 19.6. The number of hydrogen-bond acceptors (Lipinski definition) is 5. The molecule has 2 fully saturated rings. The van der Waals surface area contributed by atoms with E-state index in [4.69, 9.17) is 9.15 Å². The third-order valence-corrected chi connectivity index (χ3v) is 8.24. The van der Waals surface area contributed by atoms with Crippen molar-refractivity contribution in [2.75, 3.05) is 6.61 Å². The number of aryl methyl sites for hydroxylation is 1. The van der Waals surface area contributed by atoms with Gasteiger partial charge in [0, 0.05) is 18.8 Å². The highest BCUT2D eigenvalue weighted by Crippen LogP contribution is 2.66. The number of ether oxygens (including phenoxy) is 1. The third-order valence-electron chi connectivity index (χ3n) is 8.24. The molecule has 148 valence electrons. The van der Waals surface area contributed by atoms with Gasteiger partial charge in [-0.3, -0.25) is 9.59 Å². The van der Waals surface area contributed by atoms with Crippen molar-refractivity contribution in [2.45, 2.75) is 71.3 Å². The Hall–Kier alpha value is -1.62. The summed E-state index contributed by atoms with van der Waals surface area (Å²) in [4.78, 5) is 24.3. The maximum absolute atomic E-state index is 12.9. The van der Waals surface area contributed by atoms with Gasteiger partial charge in [0.15, 0.2) is 5.78 Å². The van der Waals surface area contributed by atoms with Crippen LogP contribution in [0.3, 0.4) is 0 Å². The molecule has 1 aromatic rings. The summed E-state index contributed by atoms with van der Waals surface area (Å²) in [6.45, 7) is 7.93. The zero-order valence-electron chi connectivity index (χ0n) is 16.7. The molecule has 1 N–H and O–H groups in total. The van der Waals surface area contributed by atoms with E-state index >= 15 is 0 Å². The molecule has 27 heavy (non-hydrogen) atoms. The van der Waals surface area contributed by atoms with Gasteiger partial charge in [0.05, 0.1) is 19.1 Å². The molecule has 1 aromatic heterocycles. The summed E-state index contributed by atoms with van der Waals surface area (Å²) >= 11 is 0. The molecule has 0 saturated heterocycles. The smallest absolute Gasteiger partial charge is 0.302 e. The lowest BCUT2D eigenvalue weighted by molar-refractivity contribution is -0.192. The molecular weight excluding hydrogens is 344 g/mol. The van der Waals surface area contributed by atoms with E-state index in [1.807, 2.05) is 19.5 Å². The molecule has 0 amide bonds. The molecule has 0 aliphatic heterocycles. The van der Waals surface area contributed by atoms with Crippen molar-refractivity contribution in [3.05, 3.63) is 23.7 Å². The van der Waals surface area contributed by atoms with Gasteiger partial charge in [-0.2, -0.15) is 0 Å². The molecule has 3 aliphatic carbocycles. The predicted molar refractivity (Wildman–Crippen MR) is 99.1 cm³/mol. The minimum absolute atomic E-state index is 0.0171. The predicted octanol–water partition coefficient (Wildman–Crippen LogP) is 3.42. The van der Waals surface area contributed by atoms with Crippen molar-refractivity contribution in [1.29, 1.82) is 0 Å². The topological polar surface area (TPSA) is 76.7 Å². The Morgan fingerprint density at radius 2 is 2.00 bits per heavy atom. The van der Waals surface area contributed by atoms with E-state index in [9.17, 15) is 14.7 Å². The highest BCUT2D eigenvalue weighted by molar-refractivity contribution is 5.85. The summed E-state index contributed by atoms with van der Waals surface area (Å²) in [6, 6.07) is 0. The first-order valence-electron chi connectivity index (χ1n) is 10.0. The first-order chi connectivity index (χ1) is 12.6. The SMILES string of the molecule is CC(=O)OC[C@]1(C)[C@@H]2CC[C@@]3(C)c4cocc4CC[C@@H]3[C@@]2(C)CC(=O)[C@@H]1O. The average molecular weight is 374 g/mol. The first kappa shape index (κ1) is 18.7. The number of furan rings is 1. The molecule has 2 saturated carbocycles. The maximum Gasteiger partial charge on any atom is 0.302 e. The second-order valence-electron chi connectivity index (χ2n) is 9.75. The number of Topliss-reactive ketones (excluding diaryl/α,β-unsaturated/α-hetero) is 1. The highest BCUT2D eigenvalue weighted by Gasteiger charge is 2.65. The van der Waals surface area contributed by atoms with Gasteiger partial charge in [-0.25, -0.2) is 0 Å². The van der Waals surface area contributed by atoms with Crippen LogP contribution in [0.4, 0.5) is 0 Å². The lowest BCUT2D eigenvalue weighted by Gasteiger charge is -2.64. The molecule has 5 nitrogen and oxygen atoms in total. The van der Waals surface area contributed by atoms with E-state index < -0.39 is 11.5 Å². The van der Waals surface area contributed by atoms with Crippen LogP contribution in [-0.2, 0) is 26.2 Å². The van der Waals surface area contributed by atoms with Gasteiger partial charge < -0.3 is 14.3 Å². The number of aliphatic hydroxyl groups excluding tert-OH is 1. The van der Waals surface area contributed by atoms with Crippen molar-refractivity contribution >= 4 is 11.8 Å². The number of rotatable bonds is 2. The largest absolute Gasteiger partial charge is 0.472 e. The zero-order valence-corrected chi connectivity index (χ0v) is 16.7. The summed E-state index contributed by atoms with van der Waals surface area (Å²) in [5.74, 6) is -0.0272. The number of ketones is 1. The van der Waals surface area contributed by atoms with E-state index in [0.717, 1.165) is 25.7 Å². The van der Waals surface area contributed by atoms with Crippen LogP contribution >= 0.6 is 0 Å². The van der Waals surface area contributed by atoms with Crippen LogP contribution in [0.2, 0.25) is 0 Å². The normalized spacial score (nSPS) is 43.4. The van der Waals surface area contributed by atoms with Gasteiger partial charge in [0.25, 0.3) is 0 Å². The first-order valence-corrected chi connectivity index (χ1v) is 10.0. The van der Waals surface area contributed by atoms with Crippen molar-refractivity contribution in [2.24, 2.45) is 22.7 Å². The summed E-state index contributed by atoms with van der Waals surface area (Å²) in [5, 5.41) is 10.8. The van der Waals surface area contributed by atoms with E-state index in [1.165, 1.54) is 18.1 Å². The Morgan fingerprint density at radius 1 is 1.26 bits per heavy atom. The van der Waals surface area contributed by atoms with Gasteiger partial charge in [-0.15, -0.1) is 0 Å². The van der Waals surface area contributed by atoms with E-state index in [0.29, 0.717) is 12.3 Å². The number of carbonyl (C=O) groups is 2. The summed E-state index contributed by atoms with van der Waals surface area (Å²) < 4.78 is 10.9. The van der Waals surface area contributed by atoms with Gasteiger partial charge in [0.2, 0.25) is 0 Å². The second kappa shape index (κ2) is 5.94. The van der Waals surface area contributed by atoms with Crippen LogP contribution < -0.4 is 0 Å². The number of fused-ring (bicyclic) bond motifs is 5.